The molecular weight excluding hydrogens is 284 g/mol. The normalized spacial score (nSPS) is 12.1. The van der Waals surface area contributed by atoms with E-state index in [1.54, 1.807) is 24.3 Å². The Balaban J connectivity index is 2.24. The number of carboxylic acids is 1. The first-order valence-corrected chi connectivity index (χ1v) is 6.95. The average molecular weight is 302 g/mol. The van der Waals surface area contributed by atoms with Crippen LogP contribution in [-0.2, 0) is 4.79 Å². The molecule has 7 heteroatoms. The van der Waals surface area contributed by atoms with Gasteiger partial charge >= 0.3 is 5.97 Å². The van der Waals surface area contributed by atoms with Crippen LogP contribution in [0.2, 0.25) is 0 Å². The van der Waals surface area contributed by atoms with Crippen LogP contribution in [0.4, 0.5) is 0 Å². The molecule has 0 spiro atoms. The number of para-hydroxylation sites is 1. The van der Waals surface area contributed by atoms with Gasteiger partial charge in [0.2, 0.25) is 0 Å². The van der Waals surface area contributed by atoms with Crippen molar-refractivity contribution in [2.45, 2.75) is 26.3 Å². The molecule has 1 aromatic carbocycles. The number of amides is 1. The number of hydrogen-bond acceptors (Lipinski definition) is 4. The van der Waals surface area contributed by atoms with E-state index in [0.717, 1.165) is 0 Å². The van der Waals surface area contributed by atoms with Gasteiger partial charge in [-0.15, -0.1) is 0 Å². The zero-order chi connectivity index (χ0) is 16.1. The lowest BCUT2D eigenvalue weighted by atomic mass is 10.0. The highest BCUT2D eigenvalue weighted by Crippen LogP contribution is 2.14. The molecule has 1 unspecified atom stereocenters. The standard InChI is InChI=1S/C15H18N4O3/c1-10(2)12(7-14(20)21)18-15(22)11-5-3-4-6-13(11)19-9-16-8-17-19/h3-6,8-10,12H,7H2,1-2H3,(H,18,22)(H,20,21). The number of nitrogens with zero attached hydrogens (tertiary/aromatic N) is 3. The smallest absolute Gasteiger partial charge is 0.305 e. The number of benzene rings is 1. The summed E-state index contributed by atoms with van der Waals surface area (Å²) in [6.07, 6.45) is 2.77. The van der Waals surface area contributed by atoms with Crippen molar-refractivity contribution in [2.75, 3.05) is 0 Å². The quantitative estimate of drug-likeness (QED) is 0.842. The number of hydrogen-bond donors (Lipinski definition) is 2. The van der Waals surface area contributed by atoms with Crippen LogP contribution < -0.4 is 5.32 Å². The van der Waals surface area contributed by atoms with E-state index in [4.69, 9.17) is 5.11 Å². The van der Waals surface area contributed by atoms with Crippen LogP contribution in [0.25, 0.3) is 5.69 Å². The Morgan fingerprint density at radius 1 is 1.32 bits per heavy atom. The molecule has 1 amide bonds. The zero-order valence-electron chi connectivity index (χ0n) is 12.4. The molecule has 1 aromatic heterocycles. The Bertz CT molecular complexity index is 653. The first-order valence-electron chi connectivity index (χ1n) is 6.95. The van der Waals surface area contributed by atoms with Gasteiger partial charge in [0.25, 0.3) is 5.91 Å². The predicted octanol–water partition coefficient (Wildman–Crippen LogP) is 1.50. The fourth-order valence-corrected chi connectivity index (χ4v) is 2.09. The minimum atomic E-state index is -0.941. The topological polar surface area (TPSA) is 97.1 Å². The minimum absolute atomic E-state index is 0.0126. The van der Waals surface area contributed by atoms with Crippen LogP contribution >= 0.6 is 0 Å². The summed E-state index contributed by atoms with van der Waals surface area (Å²) in [5.74, 6) is -1.26. The predicted molar refractivity (Wildman–Crippen MR) is 79.7 cm³/mol. The van der Waals surface area contributed by atoms with Crippen molar-refractivity contribution in [1.82, 2.24) is 20.1 Å². The lowest BCUT2D eigenvalue weighted by molar-refractivity contribution is -0.137. The number of aromatic nitrogens is 3. The molecule has 0 fully saturated rings. The molecule has 7 nitrogen and oxygen atoms in total. The monoisotopic (exact) mass is 302 g/mol. The molecule has 0 saturated carbocycles. The van der Waals surface area contributed by atoms with Gasteiger partial charge in [0.1, 0.15) is 12.7 Å². The van der Waals surface area contributed by atoms with Crippen LogP contribution in [0.15, 0.2) is 36.9 Å². The number of carbonyl (C=O) groups is 2. The first kappa shape index (κ1) is 15.7. The maximum absolute atomic E-state index is 12.5. The molecule has 116 valence electrons. The van der Waals surface area contributed by atoms with E-state index in [2.05, 4.69) is 15.4 Å². The van der Waals surface area contributed by atoms with Crippen LogP contribution in [0.1, 0.15) is 30.6 Å². The van der Waals surface area contributed by atoms with E-state index in [1.165, 1.54) is 17.3 Å². The zero-order valence-corrected chi connectivity index (χ0v) is 12.4. The van der Waals surface area contributed by atoms with Crippen LogP contribution in [0.3, 0.4) is 0 Å². The summed E-state index contributed by atoms with van der Waals surface area (Å²) >= 11 is 0. The number of rotatable bonds is 6. The van der Waals surface area contributed by atoms with E-state index >= 15 is 0 Å². The minimum Gasteiger partial charge on any atom is -0.481 e. The van der Waals surface area contributed by atoms with Crippen molar-refractivity contribution < 1.29 is 14.7 Å². The molecule has 22 heavy (non-hydrogen) atoms. The Labute approximate surface area is 128 Å². The number of aliphatic carboxylic acids is 1. The summed E-state index contributed by atoms with van der Waals surface area (Å²) in [5, 5.41) is 15.8. The van der Waals surface area contributed by atoms with Crippen molar-refractivity contribution in [1.29, 1.82) is 0 Å². The molecular formula is C15H18N4O3. The van der Waals surface area contributed by atoms with Gasteiger partial charge in [0.15, 0.2) is 0 Å². The maximum atomic E-state index is 12.5. The second-order valence-electron chi connectivity index (χ2n) is 5.28. The van der Waals surface area contributed by atoms with Crippen LogP contribution in [0, 0.1) is 5.92 Å². The molecule has 0 aliphatic carbocycles. The summed E-state index contributed by atoms with van der Waals surface area (Å²) in [6.45, 7) is 3.74. The van der Waals surface area contributed by atoms with Gasteiger partial charge in [-0.1, -0.05) is 26.0 Å². The Kier molecular flexibility index (Phi) is 4.88. The van der Waals surface area contributed by atoms with E-state index in [-0.39, 0.29) is 18.2 Å². The second-order valence-corrected chi connectivity index (χ2v) is 5.28. The van der Waals surface area contributed by atoms with Gasteiger partial charge in [0.05, 0.1) is 17.7 Å². The van der Waals surface area contributed by atoms with Gasteiger partial charge in [0, 0.05) is 6.04 Å². The Morgan fingerprint density at radius 2 is 2.05 bits per heavy atom. The molecule has 0 radical (unpaired) electrons. The lowest BCUT2D eigenvalue weighted by Gasteiger charge is -2.21. The molecule has 0 aliphatic heterocycles. The summed E-state index contributed by atoms with van der Waals surface area (Å²) in [7, 11) is 0. The summed E-state index contributed by atoms with van der Waals surface area (Å²) in [5.41, 5.74) is 1.01. The fraction of sp³-hybridized carbons (Fsp3) is 0.333. The van der Waals surface area contributed by atoms with Crippen molar-refractivity contribution in [3.8, 4) is 5.69 Å². The number of nitrogens with one attached hydrogen (secondary N) is 1. The van der Waals surface area contributed by atoms with Gasteiger partial charge in [-0.25, -0.2) is 9.67 Å². The van der Waals surface area contributed by atoms with Crippen molar-refractivity contribution >= 4 is 11.9 Å². The molecule has 2 aromatic rings. The van der Waals surface area contributed by atoms with Crippen molar-refractivity contribution in [3.05, 3.63) is 42.5 Å². The lowest BCUT2D eigenvalue weighted by Crippen LogP contribution is -2.40. The molecule has 1 heterocycles. The number of carboxylic acid groups (broad SMARTS) is 1. The third kappa shape index (κ3) is 3.69. The fourth-order valence-electron chi connectivity index (χ4n) is 2.09. The highest BCUT2D eigenvalue weighted by atomic mass is 16.4. The molecule has 2 N–H and O–H groups in total. The SMILES string of the molecule is CC(C)C(CC(=O)O)NC(=O)c1ccccc1-n1cncn1. The second kappa shape index (κ2) is 6.84. The molecule has 0 bridgehead atoms. The number of carbonyl (C=O) groups excluding carboxylic acids is 1. The van der Waals surface area contributed by atoms with Crippen LogP contribution in [-0.4, -0.2) is 37.8 Å². The summed E-state index contributed by atoms with van der Waals surface area (Å²) in [6, 6.07) is 6.53. The molecule has 1 atom stereocenters. The van der Waals surface area contributed by atoms with Crippen molar-refractivity contribution in [3.63, 3.8) is 0 Å². The van der Waals surface area contributed by atoms with Gasteiger partial charge in [-0.3, -0.25) is 9.59 Å². The highest BCUT2D eigenvalue weighted by Gasteiger charge is 2.21. The van der Waals surface area contributed by atoms with Crippen molar-refractivity contribution in [2.24, 2.45) is 5.92 Å². The Morgan fingerprint density at radius 3 is 2.64 bits per heavy atom. The average Bonchev–Trinajstić information content (AvgIpc) is 3.00. The van der Waals surface area contributed by atoms with Gasteiger partial charge < -0.3 is 10.4 Å². The van der Waals surface area contributed by atoms with E-state index in [9.17, 15) is 9.59 Å². The molecule has 0 saturated heterocycles. The molecule has 0 aliphatic rings. The Hall–Kier alpha value is -2.70. The third-order valence-electron chi connectivity index (χ3n) is 3.33. The molecule has 2 rings (SSSR count). The van der Waals surface area contributed by atoms with Crippen LogP contribution in [0.5, 0.6) is 0 Å². The van der Waals surface area contributed by atoms with Gasteiger partial charge in [-0.05, 0) is 18.1 Å². The summed E-state index contributed by atoms with van der Waals surface area (Å²) < 4.78 is 1.50. The first-order chi connectivity index (χ1) is 10.5. The highest BCUT2D eigenvalue weighted by molar-refractivity contribution is 5.98. The van der Waals surface area contributed by atoms with E-state index in [0.29, 0.717) is 11.3 Å². The van der Waals surface area contributed by atoms with Gasteiger partial charge in [-0.2, -0.15) is 5.10 Å². The maximum Gasteiger partial charge on any atom is 0.305 e. The summed E-state index contributed by atoms with van der Waals surface area (Å²) in [4.78, 5) is 27.3. The van der Waals surface area contributed by atoms with E-state index < -0.39 is 12.0 Å². The largest absolute Gasteiger partial charge is 0.481 e. The third-order valence-corrected chi connectivity index (χ3v) is 3.33. The van der Waals surface area contributed by atoms with E-state index in [1.807, 2.05) is 13.8 Å².